The zero-order chi connectivity index (χ0) is 44.8. The SMILES string of the molecule is c1ccc(-c2ccc(-c3c4ccccc4c(-c4ccc(-c5ccc6c(c5)-c5ccccc5C65c6ccccc6N(c6ccccc6)c6ccccc65)nc4)c4ccccc34)c3ccccc23)cc1. The first-order chi connectivity index (χ1) is 33.8. The van der Waals surface area contributed by atoms with Crippen LogP contribution in [0.4, 0.5) is 17.1 Å². The van der Waals surface area contributed by atoms with Crippen molar-refractivity contribution in [3.8, 4) is 55.8 Å². The summed E-state index contributed by atoms with van der Waals surface area (Å²) in [6.07, 6.45) is 2.09. The van der Waals surface area contributed by atoms with Gasteiger partial charge in [0.25, 0.3) is 0 Å². The molecule has 1 aromatic heterocycles. The topological polar surface area (TPSA) is 16.1 Å². The smallest absolute Gasteiger partial charge is 0.0754 e. The second-order valence-electron chi connectivity index (χ2n) is 18.1. The van der Waals surface area contributed by atoms with Gasteiger partial charge in [-0.2, -0.15) is 0 Å². The lowest BCUT2D eigenvalue weighted by atomic mass is 9.64. The quantitative estimate of drug-likeness (QED) is 0.160. The summed E-state index contributed by atoms with van der Waals surface area (Å²) in [7, 11) is 0. The van der Waals surface area contributed by atoms with Gasteiger partial charge in [0.1, 0.15) is 0 Å². The average Bonchev–Trinajstić information content (AvgIpc) is 3.70. The molecule has 0 atom stereocenters. The Morgan fingerprint density at radius 1 is 0.294 bits per heavy atom. The van der Waals surface area contributed by atoms with E-state index in [2.05, 4.69) is 260 Å². The van der Waals surface area contributed by atoms with E-state index in [1.165, 1.54) is 105 Å². The normalized spacial score (nSPS) is 13.1. The largest absolute Gasteiger partial charge is 0.310 e. The lowest BCUT2D eigenvalue weighted by Gasteiger charge is -2.45. The van der Waals surface area contributed by atoms with Gasteiger partial charge < -0.3 is 4.90 Å². The maximum absolute atomic E-state index is 5.29. The molecule has 68 heavy (non-hydrogen) atoms. The number of hydrogen-bond donors (Lipinski definition) is 0. The molecule has 11 aromatic carbocycles. The molecule has 2 aliphatic rings. The summed E-state index contributed by atoms with van der Waals surface area (Å²) in [5.41, 5.74) is 20.0. The van der Waals surface area contributed by atoms with Gasteiger partial charge in [0.15, 0.2) is 0 Å². The van der Waals surface area contributed by atoms with E-state index >= 15 is 0 Å². The third-order valence-electron chi connectivity index (χ3n) is 14.7. The molecule has 2 heterocycles. The number of para-hydroxylation sites is 3. The van der Waals surface area contributed by atoms with Gasteiger partial charge in [-0.3, -0.25) is 4.98 Å². The molecule has 0 bridgehead atoms. The molecule has 1 spiro atoms. The Labute approximate surface area is 395 Å². The van der Waals surface area contributed by atoms with Crippen LogP contribution < -0.4 is 4.90 Å². The number of nitrogens with zero attached hydrogens (tertiary/aromatic N) is 2. The van der Waals surface area contributed by atoms with Crippen LogP contribution in [0.1, 0.15) is 22.3 Å². The summed E-state index contributed by atoms with van der Waals surface area (Å²) >= 11 is 0. The number of benzene rings is 11. The maximum atomic E-state index is 5.29. The van der Waals surface area contributed by atoms with Gasteiger partial charge in [-0.1, -0.05) is 212 Å². The lowest BCUT2D eigenvalue weighted by Crippen LogP contribution is -2.36. The van der Waals surface area contributed by atoms with Crippen molar-refractivity contribution in [3.05, 3.63) is 277 Å². The predicted octanol–water partition coefficient (Wildman–Crippen LogP) is 17.4. The van der Waals surface area contributed by atoms with E-state index in [1.54, 1.807) is 0 Å². The van der Waals surface area contributed by atoms with E-state index in [0.29, 0.717) is 0 Å². The maximum Gasteiger partial charge on any atom is 0.0754 e. The minimum absolute atomic E-state index is 0.495. The van der Waals surface area contributed by atoms with Crippen LogP contribution in [0.2, 0.25) is 0 Å². The number of rotatable bonds is 5. The van der Waals surface area contributed by atoms with Crippen molar-refractivity contribution in [2.24, 2.45) is 0 Å². The number of pyridine rings is 1. The Bertz CT molecular complexity index is 3860. The van der Waals surface area contributed by atoms with Gasteiger partial charge in [0.05, 0.1) is 22.5 Å². The van der Waals surface area contributed by atoms with Crippen LogP contribution in [-0.2, 0) is 5.41 Å². The average molecular weight is 863 g/mol. The van der Waals surface area contributed by atoms with Gasteiger partial charge in [-0.25, -0.2) is 0 Å². The zero-order valence-corrected chi connectivity index (χ0v) is 37.1. The second-order valence-corrected chi connectivity index (χ2v) is 18.1. The summed E-state index contributed by atoms with van der Waals surface area (Å²) in [5.74, 6) is 0. The molecule has 2 nitrogen and oxygen atoms in total. The highest BCUT2D eigenvalue weighted by Gasteiger charge is 2.51. The van der Waals surface area contributed by atoms with Crippen molar-refractivity contribution in [3.63, 3.8) is 0 Å². The van der Waals surface area contributed by atoms with Gasteiger partial charge in [0, 0.05) is 23.0 Å². The fourth-order valence-electron chi connectivity index (χ4n) is 12.0. The highest BCUT2D eigenvalue weighted by Crippen LogP contribution is 2.63. The van der Waals surface area contributed by atoms with Crippen LogP contribution in [0.5, 0.6) is 0 Å². The number of fused-ring (bicyclic) bond motifs is 12. The van der Waals surface area contributed by atoms with Crippen LogP contribution in [-0.4, -0.2) is 4.98 Å². The molecule has 316 valence electrons. The number of aromatic nitrogens is 1. The predicted molar refractivity (Wildman–Crippen MR) is 284 cm³/mol. The van der Waals surface area contributed by atoms with E-state index in [4.69, 9.17) is 4.98 Å². The molecular weight excluding hydrogens is 821 g/mol. The standard InChI is InChI=1S/C66H42N2/c1-3-19-43(20-4-1)47-37-38-55(49-24-8-7-23-48(47)49)65-53-28-11-9-26-51(53)64(52-27-10-12-29-54(52)65)45-36-40-61(67-42-45)44-35-39-58-56(41-44)50-25-13-14-30-57(50)66(58)59-31-15-17-33-62(59)68(46-21-5-2-6-22-46)63-34-18-16-32-60(63)66/h1-42H. The monoisotopic (exact) mass is 862 g/mol. The minimum atomic E-state index is -0.495. The Hall–Kier alpha value is -8.85. The number of hydrogen-bond acceptors (Lipinski definition) is 2. The third-order valence-corrected chi connectivity index (χ3v) is 14.7. The van der Waals surface area contributed by atoms with Crippen LogP contribution in [0, 0.1) is 0 Å². The third kappa shape index (κ3) is 5.49. The van der Waals surface area contributed by atoms with E-state index in [0.717, 1.165) is 22.5 Å². The fourth-order valence-corrected chi connectivity index (χ4v) is 12.0. The molecule has 14 rings (SSSR count). The van der Waals surface area contributed by atoms with Gasteiger partial charge in [0.2, 0.25) is 0 Å². The highest BCUT2D eigenvalue weighted by molar-refractivity contribution is 6.24. The molecule has 0 saturated carbocycles. The molecule has 0 unspecified atom stereocenters. The first-order valence-electron chi connectivity index (χ1n) is 23.5. The van der Waals surface area contributed by atoms with Crippen LogP contribution in [0.3, 0.4) is 0 Å². The van der Waals surface area contributed by atoms with Crippen LogP contribution in [0.15, 0.2) is 255 Å². The Morgan fingerprint density at radius 3 is 1.41 bits per heavy atom. The molecular formula is C66H42N2. The molecule has 12 aromatic rings. The molecule has 0 saturated heterocycles. The minimum Gasteiger partial charge on any atom is -0.310 e. The first kappa shape index (κ1) is 38.4. The fraction of sp³-hybridized carbons (Fsp3) is 0.0152. The van der Waals surface area contributed by atoms with Crippen molar-refractivity contribution in [1.29, 1.82) is 0 Å². The Kier molecular flexibility index (Phi) is 8.53. The molecule has 2 heteroatoms. The Balaban J connectivity index is 0.908. The zero-order valence-electron chi connectivity index (χ0n) is 37.1. The molecule has 0 N–H and O–H groups in total. The summed E-state index contributed by atoms with van der Waals surface area (Å²) in [4.78, 5) is 7.73. The molecule has 0 amide bonds. The summed E-state index contributed by atoms with van der Waals surface area (Å²) in [6, 6.07) is 91.3. The molecule has 1 aliphatic heterocycles. The molecule has 1 aliphatic carbocycles. The van der Waals surface area contributed by atoms with Crippen molar-refractivity contribution >= 4 is 49.4 Å². The van der Waals surface area contributed by atoms with Crippen molar-refractivity contribution in [1.82, 2.24) is 4.98 Å². The van der Waals surface area contributed by atoms with E-state index in [-0.39, 0.29) is 0 Å². The lowest BCUT2D eigenvalue weighted by molar-refractivity contribution is 0.752. The van der Waals surface area contributed by atoms with Gasteiger partial charge >= 0.3 is 0 Å². The number of anilines is 3. The van der Waals surface area contributed by atoms with Gasteiger partial charge in [-0.15, -0.1) is 0 Å². The Morgan fingerprint density at radius 2 is 0.779 bits per heavy atom. The van der Waals surface area contributed by atoms with Gasteiger partial charge in [-0.05, 0) is 130 Å². The van der Waals surface area contributed by atoms with Crippen LogP contribution >= 0.6 is 0 Å². The molecule has 0 radical (unpaired) electrons. The summed E-state index contributed by atoms with van der Waals surface area (Å²) < 4.78 is 0. The van der Waals surface area contributed by atoms with Crippen LogP contribution in [0.25, 0.3) is 88.1 Å². The molecule has 0 fully saturated rings. The summed E-state index contributed by atoms with van der Waals surface area (Å²) in [5, 5.41) is 7.38. The van der Waals surface area contributed by atoms with Crippen molar-refractivity contribution in [2.75, 3.05) is 4.90 Å². The van der Waals surface area contributed by atoms with E-state index < -0.39 is 5.41 Å². The second kappa shape index (κ2) is 15.1. The first-order valence-corrected chi connectivity index (χ1v) is 23.5. The van der Waals surface area contributed by atoms with Crippen molar-refractivity contribution in [2.45, 2.75) is 5.41 Å². The van der Waals surface area contributed by atoms with E-state index in [9.17, 15) is 0 Å². The van der Waals surface area contributed by atoms with Crippen molar-refractivity contribution < 1.29 is 0 Å². The summed E-state index contributed by atoms with van der Waals surface area (Å²) in [6.45, 7) is 0. The van der Waals surface area contributed by atoms with E-state index in [1.807, 2.05) is 0 Å². The highest BCUT2D eigenvalue weighted by atomic mass is 15.2.